The largest absolute Gasteiger partial charge is 0.481 e. The lowest BCUT2D eigenvalue weighted by atomic mass is 10.2. The molecule has 1 heterocycles. The predicted molar refractivity (Wildman–Crippen MR) is 77.9 cm³/mol. The Morgan fingerprint density at radius 2 is 2.10 bits per heavy atom. The van der Waals surface area contributed by atoms with E-state index < -0.39 is 10.0 Å². The number of nitrogen functional groups attached to an aromatic ring is 1. The average Bonchev–Trinajstić information content (AvgIpc) is 2.38. The molecule has 0 spiro atoms. The number of rotatable bonds is 5. The molecule has 0 unspecified atom stereocenters. The molecule has 6 nitrogen and oxygen atoms in total. The fourth-order valence-corrected chi connectivity index (χ4v) is 2.85. The number of benzene rings is 1. The van der Waals surface area contributed by atoms with Gasteiger partial charge in [0.25, 0.3) is 0 Å². The summed E-state index contributed by atoms with van der Waals surface area (Å²) in [6.07, 6.45) is 1.40. The van der Waals surface area contributed by atoms with Crippen molar-refractivity contribution in [3.05, 3.63) is 48.2 Å². The second-order valence-corrected chi connectivity index (χ2v) is 5.92. The van der Waals surface area contributed by atoms with Crippen molar-refractivity contribution in [2.24, 2.45) is 0 Å². The van der Waals surface area contributed by atoms with Gasteiger partial charge in [-0.05, 0) is 23.8 Å². The molecule has 106 valence electrons. The Balaban J connectivity index is 2.10. The van der Waals surface area contributed by atoms with Gasteiger partial charge in [-0.15, -0.1) is 0 Å². The molecule has 0 aliphatic heterocycles. The molecule has 7 heteroatoms. The van der Waals surface area contributed by atoms with Gasteiger partial charge in [-0.1, -0.05) is 12.1 Å². The van der Waals surface area contributed by atoms with Crippen LogP contribution >= 0.6 is 0 Å². The molecule has 0 bridgehead atoms. The van der Waals surface area contributed by atoms with Crippen LogP contribution in [0, 0.1) is 0 Å². The SMILES string of the molecule is COc1ccc(NS(=O)(=O)Cc2cccc(N)c2)cn1. The van der Waals surface area contributed by atoms with E-state index in [4.69, 9.17) is 10.5 Å². The summed E-state index contributed by atoms with van der Waals surface area (Å²) in [6, 6.07) is 9.93. The highest BCUT2D eigenvalue weighted by molar-refractivity contribution is 7.91. The Morgan fingerprint density at radius 3 is 2.70 bits per heavy atom. The van der Waals surface area contributed by atoms with Crippen LogP contribution in [0.1, 0.15) is 5.56 Å². The first-order valence-corrected chi connectivity index (χ1v) is 7.49. The zero-order chi connectivity index (χ0) is 14.6. The van der Waals surface area contributed by atoms with Crippen molar-refractivity contribution >= 4 is 21.4 Å². The van der Waals surface area contributed by atoms with Gasteiger partial charge in [0.15, 0.2) is 0 Å². The second-order valence-electron chi connectivity index (χ2n) is 4.20. The number of nitrogens with zero attached hydrogens (tertiary/aromatic N) is 1. The number of hydrogen-bond acceptors (Lipinski definition) is 5. The predicted octanol–water partition coefficient (Wildman–Crippen LogP) is 1.61. The highest BCUT2D eigenvalue weighted by Gasteiger charge is 2.12. The van der Waals surface area contributed by atoms with Crippen LogP contribution in [0.15, 0.2) is 42.6 Å². The third-order valence-electron chi connectivity index (χ3n) is 2.53. The molecule has 2 rings (SSSR count). The van der Waals surface area contributed by atoms with Crippen molar-refractivity contribution in [3.63, 3.8) is 0 Å². The Morgan fingerprint density at radius 1 is 1.30 bits per heavy atom. The second kappa shape index (κ2) is 5.79. The smallest absolute Gasteiger partial charge is 0.236 e. The Labute approximate surface area is 117 Å². The van der Waals surface area contributed by atoms with Crippen LogP contribution < -0.4 is 15.2 Å². The third kappa shape index (κ3) is 3.86. The summed E-state index contributed by atoms with van der Waals surface area (Å²) in [5.74, 6) is 0.271. The minimum Gasteiger partial charge on any atom is -0.481 e. The van der Waals surface area contributed by atoms with Crippen molar-refractivity contribution in [1.29, 1.82) is 0 Å². The van der Waals surface area contributed by atoms with Gasteiger partial charge in [0.2, 0.25) is 15.9 Å². The first-order valence-electron chi connectivity index (χ1n) is 5.83. The van der Waals surface area contributed by atoms with E-state index in [1.54, 1.807) is 36.4 Å². The van der Waals surface area contributed by atoms with E-state index >= 15 is 0 Å². The van der Waals surface area contributed by atoms with Crippen molar-refractivity contribution < 1.29 is 13.2 Å². The summed E-state index contributed by atoms with van der Waals surface area (Å²) in [5, 5.41) is 0. The lowest BCUT2D eigenvalue weighted by Crippen LogP contribution is -2.15. The summed E-state index contributed by atoms with van der Waals surface area (Å²) in [7, 11) is -2.02. The normalized spacial score (nSPS) is 11.1. The Hall–Kier alpha value is -2.28. The van der Waals surface area contributed by atoms with E-state index in [0.29, 0.717) is 22.8 Å². The topological polar surface area (TPSA) is 94.3 Å². The lowest BCUT2D eigenvalue weighted by Gasteiger charge is -2.08. The van der Waals surface area contributed by atoms with Crippen LogP contribution in [0.4, 0.5) is 11.4 Å². The molecular formula is C13H15N3O3S. The van der Waals surface area contributed by atoms with Crippen LogP contribution in [0.3, 0.4) is 0 Å². The number of anilines is 2. The zero-order valence-corrected chi connectivity index (χ0v) is 11.7. The van der Waals surface area contributed by atoms with Crippen molar-refractivity contribution in [2.45, 2.75) is 5.75 Å². The molecule has 0 saturated carbocycles. The standard InChI is InChI=1S/C13H15N3O3S/c1-19-13-6-5-12(8-15-13)16-20(17,18)9-10-3-2-4-11(14)7-10/h2-8,16H,9,14H2,1H3. The van der Waals surface area contributed by atoms with Gasteiger partial charge in [-0.25, -0.2) is 13.4 Å². The summed E-state index contributed by atoms with van der Waals surface area (Å²) in [4.78, 5) is 3.93. The monoisotopic (exact) mass is 293 g/mol. The van der Waals surface area contributed by atoms with Gasteiger partial charge in [-0.3, -0.25) is 4.72 Å². The molecule has 20 heavy (non-hydrogen) atoms. The third-order valence-corrected chi connectivity index (χ3v) is 3.79. The number of sulfonamides is 1. The molecule has 1 aromatic heterocycles. The van der Waals surface area contributed by atoms with Crippen LogP contribution in [0.2, 0.25) is 0 Å². The molecule has 0 saturated heterocycles. The highest BCUT2D eigenvalue weighted by atomic mass is 32.2. The molecule has 0 radical (unpaired) electrons. The zero-order valence-electron chi connectivity index (χ0n) is 10.9. The maximum absolute atomic E-state index is 12.0. The maximum Gasteiger partial charge on any atom is 0.236 e. The van der Waals surface area contributed by atoms with E-state index in [1.807, 2.05) is 0 Å². The number of pyridine rings is 1. The van der Waals surface area contributed by atoms with Gasteiger partial charge in [0.05, 0.1) is 24.7 Å². The van der Waals surface area contributed by atoms with Crippen LogP contribution in [-0.4, -0.2) is 20.5 Å². The molecule has 3 N–H and O–H groups in total. The van der Waals surface area contributed by atoms with E-state index in [0.717, 1.165) is 0 Å². The van der Waals surface area contributed by atoms with Crippen LogP contribution in [0.25, 0.3) is 0 Å². The lowest BCUT2D eigenvalue weighted by molar-refractivity contribution is 0.398. The number of nitrogens with one attached hydrogen (secondary N) is 1. The van der Waals surface area contributed by atoms with Crippen molar-refractivity contribution in [1.82, 2.24) is 4.98 Å². The Bertz CT molecular complexity index is 684. The summed E-state index contributed by atoms with van der Waals surface area (Å²) in [5.41, 5.74) is 7.16. The fourth-order valence-electron chi connectivity index (χ4n) is 1.68. The van der Waals surface area contributed by atoms with Gasteiger partial charge >= 0.3 is 0 Å². The fraction of sp³-hybridized carbons (Fsp3) is 0.154. The van der Waals surface area contributed by atoms with Gasteiger partial charge in [0.1, 0.15) is 0 Å². The van der Waals surface area contributed by atoms with Gasteiger partial charge in [0, 0.05) is 11.8 Å². The van der Waals surface area contributed by atoms with Gasteiger partial charge in [-0.2, -0.15) is 0 Å². The summed E-state index contributed by atoms with van der Waals surface area (Å²) < 4.78 is 31.4. The molecule has 0 aliphatic carbocycles. The van der Waals surface area contributed by atoms with Crippen LogP contribution in [-0.2, 0) is 15.8 Å². The summed E-state index contributed by atoms with van der Waals surface area (Å²) >= 11 is 0. The number of nitrogens with two attached hydrogens (primary N) is 1. The average molecular weight is 293 g/mol. The first kappa shape index (κ1) is 14.1. The molecule has 1 aromatic carbocycles. The van der Waals surface area contributed by atoms with E-state index in [9.17, 15) is 8.42 Å². The van der Waals surface area contributed by atoms with Crippen molar-refractivity contribution in [2.75, 3.05) is 17.6 Å². The number of ether oxygens (including phenoxy) is 1. The molecule has 0 fully saturated rings. The number of hydrogen-bond donors (Lipinski definition) is 2. The van der Waals surface area contributed by atoms with Crippen LogP contribution in [0.5, 0.6) is 5.88 Å². The minimum atomic E-state index is -3.51. The molecule has 0 amide bonds. The molecule has 2 aromatic rings. The Kier molecular flexibility index (Phi) is 4.09. The number of methoxy groups -OCH3 is 1. The number of aromatic nitrogens is 1. The van der Waals surface area contributed by atoms with E-state index in [1.165, 1.54) is 13.3 Å². The van der Waals surface area contributed by atoms with Crippen molar-refractivity contribution in [3.8, 4) is 5.88 Å². The first-order chi connectivity index (χ1) is 9.48. The van der Waals surface area contributed by atoms with Gasteiger partial charge < -0.3 is 10.5 Å². The maximum atomic E-state index is 12.0. The van der Waals surface area contributed by atoms with E-state index in [2.05, 4.69) is 9.71 Å². The molecule has 0 aliphatic rings. The quantitative estimate of drug-likeness (QED) is 0.817. The molecule has 0 atom stereocenters. The highest BCUT2D eigenvalue weighted by Crippen LogP contribution is 2.15. The molecular weight excluding hydrogens is 278 g/mol. The minimum absolute atomic E-state index is 0.149. The summed E-state index contributed by atoms with van der Waals surface area (Å²) in [6.45, 7) is 0. The van der Waals surface area contributed by atoms with E-state index in [-0.39, 0.29) is 5.75 Å².